The molecule has 0 bridgehead atoms. The van der Waals surface area contributed by atoms with Gasteiger partial charge in [-0.3, -0.25) is 0 Å². The predicted octanol–water partition coefficient (Wildman–Crippen LogP) is 11.0. The van der Waals surface area contributed by atoms with Crippen molar-refractivity contribution in [2.24, 2.45) is 0 Å². The minimum absolute atomic E-state index is 0.105. The predicted molar refractivity (Wildman–Crippen MR) is 185 cm³/mol. The minimum atomic E-state index is -0.134. The number of aromatic nitrogens is 2. The van der Waals surface area contributed by atoms with E-state index in [4.69, 9.17) is 9.97 Å². The Kier molecular flexibility index (Phi) is 5.86. The van der Waals surface area contributed by atoms with E-state index in [1.54, 1.807) is 0 Å². The lowest BCUT2D eigenvalue weighted by Gasteiger charge is -2.49. The minimum Gasteiger partial charge on any atom is -0.244 e. The van der Waals surface area contributed by atoms with Gasteiger partial charge in [0.1, 0.15) is 0 Å². The van der Waals surface area contributed by atoms with E-state index < -0.39 is 0 Å². The molecule has 0 fully saturated rings. The van der Waals surface area contributed by atoms with E-state index in [1.165, 1.54) is 38.8 Å². The number of rotatable bonds is 3. The Morgan fingerprint density at radius 1 is 0.455 bits per heavy atom. The van der Waals surface area contributed by atoms with E-state index in [-0.39, 0.29) is 10.8 Å². The molecule has 7 aromatic rings. The molecule has 6 aromatic carbocycles. The van der Waals surface area contributed by atoms with Crippen LogP contribution < -0.4 is 0 Å². The number of hydrogen-bond donors (Lipinski definition) is 0. The Morgan fingerprint density at radius 3 is 1.89 bits per heavy atom. The van der Waals surface area contributed by atoms with E-state index in [9.17, 15) is 0 Å². The zero-order valence-electron chi connectivity index (χ0n) is 25.6. The van der Waals surface area contributed by atoms with E-state index >= 15 is 0 Å². The molecule has 0 radical (unpaired) electrons. The number of nitrogens with zero attached hydrogens (tertiary/aromatic N) is 2. The quantitative estimate of drug-likeness (QED) is 0.199. The standard InChI is InChI=1S/C42H34N2/c1-41(2)34-21-13-20-31(27-14-7-5-8-15-27)37(34)33-24-22-30(26-35(33)42(41,3)4)39-38(29-17-9-6-10-18-29)43-36-25-23-28-16-11-12-19-32(28)40(36)44-39/h5-26H,1-4H3. The van der Waals surface area contributed by atoms with Crippen LogP contribution in [0.15, 0.2) is 133 Å². The van der Waals surface area contributed by atoms with Crippen molar-refractivity contribution >= 4 is 21.8 Å². The van der Waals surface area contributed by atoms with Crippen molar-refractivity contribution in [1.82, 2.24) is 9.97 Å². The molecular formula is C42H34N2. The molecule has 0 atom stereocenters. The molecule has 0 aliphatic heterocycles. The molecule has 1 aliphatic carbocycles. The number of hydrogen-bond acceptors (Lipinski definition) is 2. The third kappa shape index (κ3) is 3.87. The molecule has 0 saturated carbocycles. The summed E-state index contributed by atoms with van der Waals surface area (Å²) in [5.74, 6) is 0. The number of fused-ring (bicyclic) bond motifs is 6. The first-order chi connectivity index (χ1) is 21.3. The van der Waals surface area contributed by atoms with Crippen LogP contribution in [-0.2, 0) is 10.8 Å². The summed E-state index contributed by atoms with van der Waals surface area (Å²) in [6.07, 6.45) is 0. The normalized spacial score (nSPS) is 14.7. The fraction of sp³-hybridized carbons (Fsp3) is 0.143. The lowest BCUT2D eigenvalue weighted by atomic mass is 9.54. The average molecular weight is 567 g/mol. The second-order valence-corrected chi connectivity index (χ2v) is 13.0. The largest absolute Gasteiger partial charge is 0.244 e. The molecule has 0 N–H and O–H groups in total. The fourth-order valence-electron chi connectivity index (χ4n) is 7.11. The zero-order chi connectivity index (χ0) is 30.1. The maximum atomic E-state index is 5.43. The summed E-state index contributed by atoms with van der Waals surface area (Å²) in [7, 11) is 0. The average Bonchev–Trinajstić information content (AvgIpc) is 3.07. The van der Waals surface area contributed by atoms with E-state index in [0.29, 0.717) is 0 Å². The van der Waals surface area contributed by atoms with Crippen LogP contribution in [-0.4, -0.2) is 9.97 Å². The van der Waals surface area contributed by atoms with Gasteiger partial charge in [-0.2, -0.15) is 0 Å². The topological polar surface area (TPSA) is 25.8 Å². The van der Waals surface area contributed by atoms with Crippen LogP contribution in [0.25, 0.3) is 66.6 Å². The first kappa shape index (κ1) is 26.5. The fourth-order valence-corrected chi connectivity index (χ4v) is 7.11. The third-order valence-corrected chi connectivity index (χ3v) is 10.2. The second-order valence-electron chi connectivity index (χ2n) is 13.0. The van der Waals surface area contributed by atoms with Crippen molar-refractivity contribution in [1.29, 1.82) is 0 Å². The van der Waals surface area contributed by atoms with Gasteiger partial charge in [-0.1, -0.05) is 149 Å². The van der Waals surface area contributed by atoms with Gasteiger partial charge in [0.05, 0.1) is 22.4 Å². The molecule has 0 unspecified atom stereocenters. The highest BCUT2D eigenvalue weighted by Crippen LogP contribution is 2.56. The van der Waals surface area contributed by atoms with Crippen LogP contribution in [0.2, 0.25) is 0 Å². The molecule has 0 amide bonds. The summed E-state index contributed by atoms with van der Waals surface area (Å²) in [6.45, 7) is 9.58. The molecule has 1 heterocycles. The van der Waals surface area contributed by atoms with Crippen molar-refractivity contribution in [3.63, 3.8) is 0 Å². The van der Waals surface area contributed by atoms with E-state index in [2.05, 4.69) is 161 Å². The molecule has 8 rings (SSSR count). The van der Waals surface area contributed by atoms with Crippen LogP contribution in [0, 0.1) is 0 Å². The van der Waals surface area contributed by atoms with Crippen molar-refractivity contribution in [2.75, 3.05) is 0 Å². The van der Waals surface area contributed by atoms with E-state index in [0.717, 1.165) is 38.9 Å². The molecule has 1 aliphatic rings. The van der Waals surface area contributed by atoms with Gasteiger partial charge >= 0.3 is 0 Å². The van der Waals surface area contributed by atoms with Crippen LogP contribution in [0.5, 0.6) is 0 Å². The van der Waals surface area contributed by atoms with Gasteiger partial charge in [0.2, 0.25) is 0 Å². The molecule has 2 heteroatoms. The molecule has 212 valence electrons. The summed E-state index contributed by atoms with van der Waals surface area (Å²) < 4.78 is 0. The van der Waals surface area contributed by atoms with Gasteiger partial charge in [0.25, 0.3) is 0 Å². The van der Waals surface area contributed by atoms with Gasteiger partial charge in [-0.15, -0.1) is 0 Å². The Morgan fingerprint density at radius 2 is 1.11 bits per heavy atom. The van der Waals surface area contributed by atoms with Gasteiger partial charge in [-0.05, 0) is 61.7 Å². The smallest absolute Gasteiger partial charge is 0.0973 e. The highest BCUT2D eigenvalue weighted by molar-refractivity contribution is 6.05. The highest BCUT2D eigenvalue weighted by atomic mass is 14.8. The van der Waals surface area contributed by atoms with Crippen LogP contribution in [0.4, 0.5) is 0 Å². The molecule has 1 aromatic heterocycles. The maximum Gasteiger partial charge on any atom is 0.0973 e. The van der Waals surface area contributed by atoms with Gasteiger partial charge in [0, 0.05) is 16.5 Å². The zero-order valence-corrected chi connectivity index (χ0v) is 25.6. The third-order valence-electron chi connectivity index (χ3n) is 10.2. The molecule has 2 nitrogen and oxygen atoms in total. The molecule has 44 heavy (non-hydrogen) atoms. The lowest BCUT2D eigenvalue weighted by molar-refractivity contribution is 0.299. The van der Waals surface area contributed by atoms with E-state index in [1.807, 2.05) is 0 Å². The Hall–Kier alpha value is -5.08. The lowest BCUT2D eigenvalue weighted by Crippen LogP contribution is -2.43. The Labute approximate surface area is 259 Å². The van der Waals surface area contributed by atoms with Crippen molar-refractivity contribution < 1.29 is 0 Å². The molecule has 0 spiro atoms. The van der Waals surface area contributed by atoms with Crippen LogP contribution in [0.3, 0.4) is 0 Å². The highest BCUT2D eigenvalue weighted by Gasteiger charge is 2.46. The summed E-state index contributed by atoms with van der Waals surface area (Å²) in [5, 5.41) is 2.30. The van der Waals surface area contributed by atoms with Gasteiger partial charge in [-0.25, -0.2) is 9.97 Å². The van der Waals surface area contributed by atoms with Crippen LogP contribution in [0.1, 0.15) is 38.8 Å². The van der Waals surface area contributed by atoms with Crippen LogP contribution >= 0.6 is 0 Å². The van der Waals surface area contributed by atoms with Gasteiger partial charge in [0.15, 0.2) is 0 Å². The molecule has 0 saturated heterocycles. The van der Waals surface area contributed by atoms with Crippen molar-refractivity contribution in [3.8, 4) is 44.8 Å². The second kappa shape index (κ2) is 9.72. The first-order valence-electron chi connectivity index (χ1n) is 15.4. The van der Waals surface area contributed by atoms with Crippen molar-refractivity contribution in [3.05, 3.63) is 145 Å². The van der Waals surface area contributed by atoms with Crippen molar-refractivity contribution in [2.45, 2.75) is 38.5 Å². The number of benzene rings is 6. The molecular weight excluding hydrogens is 532 g/mol. The monoisotopic (exact) mass is 566 g/mol. The van der Waals surface area contributed by atoms with Gasteiger partial charge < -0.3 is 0 Å². The Balaban J connectivity index is 1.43. The summed E-state index contributed by atoms with van der Waals surface area (Å²) in [4.78, 5) is 10.7. The maximum absolute atomic E-state index is 5.43. The Bertz CT molecular complexity index is 2210. The SMILES string of the molecule is CC1(C)c2cc(-c3nc4c(ccc5ccccc54)nc3-c3ccccc3)ccc2-c2c(-c3ccccc3)cccc2C1(C)C. The summed E-state index contributed by atoms with van der Waals surface area (Å²) in [5.41, 5.74) is 13.5. The summed E-state index contributed by atoms with van der Waals surface area (Å²) in [6, 6.07) is 47.8. The summed E-state index contributed by atoms with van der Waals surface area (Å²) >= 11 is 0. The first-order valence-corrected chi connectivity index (χ1v) is 15.4.